The molecule has 1 aliphatic heterocycles. The molecule has 1 heterocycles. The van der Waals surface area contributed by atoms with Gasteiger partial charge in [-0.05, 0) is 37.1 Å². The van der Waals surface area contributed by atoms with Gasteiger partial charge in [0.05, 0.1) is 5.60 Å². The average Bonchev–Trinajstić information content (AvgIpc) is 2.55. The van der Waals surface area contributed by atoms with Crippen molar-refractivity contribution in [3.05, 3.63) is 29.3 Å². The zero-order valence-corrected chi connectivity index (χ0v) is 14.4. The molecule has 0 aliphatic carbocycles. The fraction of sp³-hybridized carbons (Fsp3) is 0.588. The number of ether oxygens (including phenoxy) is 2. The van der Waals surface area contributed by atoms with Gasteiger partial charge in [0.15, 0.2) is 6.61 Å². The van der Waals surface area contributed by atoms with Crippen LogP contribution in [0, 0.1) is 5.92 Å². The Morgan fingerprint density at radius 3 is 2.74 bits per heavy atom. The Morgan fingerprint density at radius 2 is 2.13 bits per heavy atom. The van der Waals surface area contributed by atoms with Crippen LogP contribution in [-0.4, -0.2) is 54.9 Å². The number of amides is 1. The molecular formula is C17H24ClNO4. The van der Waals surface area contributed by atoms with Crippen LogP contribution in [-0.2, 0) is 9.53 Å². The largest absolute Gasteiger partial charge is 0.484 e. The first kappa shape index (κ1) is 18.0. The molecule has 0 radical (unpaired) electrons. The molecule has 6 heteroatoms. The van der Waals surface area contributed by atoms with Crippen molar-refractivity contribution in [1.29, 1.82) is 0 Å². The van der Waals surface area contributed by atoms with Gasteiger partial charge in [-0.2, -0.15) is 0 Å². The lowest BCUT2D eigenvalue weighted by Crippen LogP contribution is -2.53. The lowest BCUT2D eigenvalue weighted by molar-refractivity contribution is -0.142. The third-order valence-corrected chi connectivity index (χ3v) is 4.75. The van der Waals surface area contributed by atoms with E-state index in [4.69, 9.17) is 21.1 Å². The van der Waals surface area contributed by atoms with Crippen molar-refractivity contribution in [2.45, 2.75) is 25.4 Å². The number of halogens is 1. The molecule has 5 nitrogen and oxygen atoms in total. The van der Waals surface area contributed by atoms with Crippen LogP contribution >= 0.6 is 11.6 Å². The second-order valence-electron chi connectivity index (χ2n) is 6.08. The fourth-order valence-electron chi connectivity index (χ4n) is 2.81. The number of nitrogens with zero attached hydrogens (tertiary/aromatic N) is 1. The Kier molecular flexibility index (Phi) is 6.27. The Balaban J connectivity index is 1.83. The minimum Gasteiger partial charge on any atom is -0.484 e. The summed E-state index contributed by atoms with van der Waals surface area (Å²) < 4.78 is 10.6. The Morgan fingerprint density at radius 1 is 1.43 bits per heavy atom. The van der Waals surface area contributed by atoms with Gasteiger partial charge in [-0.25, -0.2) is 0 Å². The van der Waals surface area contributed by atoms with E-state index in [9.17, 15) is 9.90 Å². The molecule has 1 saturated heterocycles. The van der Waals surface area contributed by atoms with E-state index in [-0.39, 0.29) is 18.4 Å². The van der Waals surface area contributed by atoms with Gasteiger partial charge in [0.1, 0.15) is 5.75 Å². The molecule has 0 saturated carbocycles. The van der Waals surface area contributed by atoms with E-state index in [0.717, 1.165) is 0 Å². The van der Waals surface area contributed by atoms with E-state index in [0.29, 0.717) is 43.3 Å². The van der Waals surface area contributed by atoms with Crippen molar-refractivity contribution >= 4 is 17.5 Å². The highest BCUT2D eigenvalue weighted by Gasteiger charge is 2.39. The summed E-state index contributed by atoms with van der Waals surface area (Å²) in [5, 5.41) is 11.3. The van der Waals surface area contributed by atoms with E-state index < -0.39 is 5.60 Å². The van der Waals surface area contributed by atoms with Crippen LogP contribution in [0.5, 0.6) is 5.75 Å². The molecule has 0 spiro atoms. The highest BCUT2D eigenvalue weighted by Crippen LogP contribution is 2.31. The summed E-state index contributed by atoms with van der Waals surface area (Å²) in [5.41, 5.74) is -0.760. The number of rotatable bonds is 6. The number of carbonyl (C=O) groups excluding carboxylic acids is 1. The first-order valence-corrected chi connectivity index (χ1v) is 8.20. The van der Waals surface area contributed by atoms with Gasteiger partial charge < -0.3 is 19.5 Å². The summed E-state index contributed by atoms with van der Waals surface area (Å²) in [4.78, 5) is 14.0. The minimum atomic E-state index is -0.760. The zero-order valence-electron chi connectivity index (χ0n) is 13.6. The zero-order chi connectivity index (χ0) is 16.9. The monoisotopic (exact) mass is 341 g/mol. The van der Waals surface area contributed by atoms with Crippen LogP contribution in [0.25, 0.3) is 0 Å². The maximum absolute atomic E-state index is 12.3. The summed E-state index contributed by atoms with van der Waals surface area (Å²) in [7, 11) is 1.63. The van der Waals surface area contributed by atoms with Crippen LogP contribution < -0.4 is 4.74 Å². The van der Waals surface area contributed by atoms with Crippen molar-refractivity contribution in [3.63, 3.8) is 0 Å². The van der Waals surface area contributed by atoms with Crippen molar-refractivity contribution < 1.29 is 19.4 Å². The van der Waals surface area contributed by atoms with Gasteiger partial charge >= 0.3 is 0 Å². The Labute approximate surface area is 142 Å². The number of piperidine rings is 1. The smallest absolute Gasteiger partial charge is 0.260 e. The van der Waals surface area contributed by atoms with E-state index in [2.05, 4.69) is 0 Å². The summed E-state index contributed by atoms with van der Waals surface area (Å²) in [6.07, 6.45) is 1.15. The van der Waals surface area contributed by atoms with E-state index in [1.165, 1.54) is 0 Å². The number of aliphatic hydroxyl groups is 1. The Bertz CT molecular complexity index is 522. The van der Waals surface area contributed by atoms with Crippen LogP contribution in [0.1, 0.15) is 19.8 Å². The summed E-state index contributed by atoms with van der Waals surface area (Å²) in [6.45, 7) is 3.55. The highest BCUT2D eigenvalue weighted by molar-refractivity contribution is 6.30. The molecule has 1 amide bonds. The SMILES string of the molecule is COCC[C@]1(O)CCN(C(=O)COc2ccc(Cl)cc2)C[C@H]1C. The van der Waals surface area contributed by atoms with Crippen LogP contribution in [0.3, 0.4) is 0 Å². The standard InChI is InChI=1S/C17H24ClNO4/c1-13-11-19(9-7-17(13,21)8-10-22-2)16(20)12-23-15-5-3-14(18)4-6-15/h3-6,13,21H,7-12H2,1-2H3/t13-,17-/m1/s1. The van der Waals surface area contributed by atoms with E-state index in [1.807, 2.05) is 6.92 Å². The molecule has 2 atom stereocenters. The molecule has 23 heavy (non-hydrogen) atoms. The van der Waals surface area contributed by atoms with Crippen molar-refractivity contribution in [2.24, 2.45) is 5.92 Å². The molecule has 1 N–H and O–H groups in total. The fourth-order valence-corrected chi connectivity index (χ4v) is 2.94. The predicted molar refractivity (Wildman–Crippen MR) is 88.8 cm³/mol. The van der Waals surface area contributed by atoms with Gasteiger partial charge in [0.25, 0.3) is 5.91 Å². The molecular weight excluding hydrogens is 318 g/mol. The molecule has 0 unspecified atom stereocenters. The second-order valence-corrected chi connectivity index (χ2v) is 6.52. The van der Waals surface area contributed by atoms with Crippen molar-refractivity contribution in [3.8, 4) is 5.75 Å². The number of carbonyl (C=O) groups is 1. The molecule has 1 aromatic carbocycles. The molecule has 0 bridgehead atoms. The summed E-state index contributed by atoms with van der Waals surface area (Å²) >= 11 is 5.81. The van der Waals surface area contributed by atoms with Crippen LogP contribution in [0.2, 0.25) is 5.02 Å². The average molecular weight is 342 g/mol. The van der Waals surface area contributed by atoms with Gasteiger partial charge in [0.2, 0.25) is 0 Å². The number of methoxy groups -OCH3 is 1. The van der Waals surface area contributed by atoms with Crippen LogP contribution in [0.4, 0.5) is 0 Å². The lowest BCUT2D eigenvalue weighted by atomic mass is 9.80. The van der Waals surface area contributed by atoms with Gasteiger partial charge in [-0.1, -0.05) is 18.5 Å². The number of benzene rings is 1. The molecule has 1 aromatic rings. The number of hydrogen-bond donors (Lipinski definition) is 1. The minimum absolute atomic E-state index is 0.00545. The molecule has 128 valence electrons. The lowest BCUT2D eigenvalue weighted by Gasteiger charge is -2.43. The van der Waals surface area contributed by atoms with Gasteiger partial charge in [-0.15, -0.1) is 0 Å². The summed E-state index contributed by atoms with van der Waals surface area (Å²) in [6, 6.07) is 6.91. The third-order valence-electron chi connectivity index (χ3n) is 4.49. The maximum atomic E-state index is 12.3. The Hall–Kier alpha value is -1.30. The molecule has 0 aromatic heterocycles. The maximum Gasteiger partial charge on any atom is 0.260 e. The van der Waals surface area contributed by atoms with Crippen molar-refractivity contribution in [1.82, 2.24) is 4.90 Å². The summed E-state index contributed by atoms with van der Waals surface area (Å²) in [5.74, 6) is 0.552. The highest BCUT2D eigenvalue weighted by atomic mass is 35.5. The van der Waals surface area contributed by atoms with E-state index in [1.54, 1.807) is 36.3 Å². The van der Waals surface area contributed by atoms with Gasteiger partial charge in [-0.3, -0.25) is 4.79 Å². The molecule has 1 fully saturated rings. The molecule has 2 rings (SSSR count). The second kappa shape index (κ2) is 7.99. The molecule has 1 aliphatic rings. The normalized spacial score (nSPS) is 24.5. The van der Waals surface area contributed by atoms with Crippen molar-refractivity contribution in [2.75, 3.05) is 33.4 Å². The van der Waals surface area contributed by atoms with E-state index >= 15 is 0 Å². The quantitative estimate of drug-likeness (QED) is 0.863. The first-order chi connectivity index (χ1) is 10.9. The number of hydrogen-bond acceptors (Lipinski definition) is 4. The predicted octanol–water partition coefficient (Wildman–Crippen LogP) is 2.35. The number of likely N-dealkylation sites (tertiary alicyclic amines) is 1. The van der Waals surface area contributed by atoms with Crippen LogP contribution in [0.15, 0.2) is 24.3 Å². The third kappa shape index (κ3) is 4.83. The topological polar surface area (TPSA) is 59.0 Å². The first-order valence-electron chi connectivity index (χ1n) is 7.82. The van der Waals surface area contributed by atoms with Gasteiger partial charge in [0, 0.05) is 37.7 Å².